The molecule has 1 aromatic rings. The molecule has 1 rings (SSSR count). The van der Waals surface area contributed by atoms with Crippen LogP contribution in [0.25, 0.3) is 0 Å². The maximum Gasteiger partial charge on any atom is 0.471 e. The average molecular weight is 409 g/mol. The van der Waals surface area contributed by atoms with Crippen LogP contribution in [0.1, 0.15) is 62.5 Å². The Hall–Kier alpha value is -2.79. The summed E-state index contributed by atoms with van der Waals surface area (Å²) in [5.41, 5.74) is -1.14. The molecule has 0 fully saturated rings. The molecule has 9 nitrogen and oxygen atoms in total. The van der Waals surface area contributed by atoms with Crippen LogP contribution in [-0.4, -0.2) is 46.4 Å². The third-order valence-electron chi connectivity index (χ3n) is 3.19. The SMILES string of the molecule is CC(C)(C)OC(=O)NC(CCCCNC(=O)C(F)(F)F)c1nc(C(=O)O)co1. The topological polar surface area (TPSA) is 131 Å². The standard InChI is InChI=1S/C16H22F3N3O6/c1-15(2,3)28-14(26)22-9(11-21-10(8-27-11)12(23)24)6-4-5-7-20-13(25)16(17,18)19/h8-9H,4-7H2,1-3H3,(H,20,25)(H,22,26)(H,23,24). The lowest BCUT2D eigenvalue weighted by Gasteiger charge is -2.22. The van der Waals surface area contributed by atoms with Gasteiger partial charge in [-0.15, -0.1) is 0 Å². The molecule has 0 spiro atoms. The molecule has 1 heterocycles. The predicted octanol–water partition coefficient (Wildman–Crippen LogP) is 2.79. The van der Waals surface area contributed by atoms with E-state index >= 15 is 0 Å². The maximum absolute atomic E-state index is 12.1. The average Bonchev–Trinajstić information content (AvgIpc) is 3.00. The van der Waals surface area contributed by atoms with Crippen LogP contribution in [0.15, 0.2) is 10.7 Å². The minimum atomic E-state index is -4.95. The van der Waals surface area contributed by atoms with Gasteiger partial charge in [0.05, 0.1) is 0 Å². The number of halogens is 3. The third kappa shape index (κ3) is 8.27. The lowest BCUT2D eigenvalue weighted by molar-refractivity contribution is -0.173. The number of unbranched alkanes of at least 4 members (excludes halogenated alkanes) is 1. The van der Waals surface area contributed by atoms with E-state index in [0.29, 0.717) is 0 Å². The number of oxazole rings is 1. The fourth-order valence-electron chi connectivity index (χ4n) is 2.03. The molecule has 0 radical (unpaired) electrons. The number of carbonyl (C=O) groups excluding carboxylic acids is 2. The molecule has 1 atom stereocenters. The van der Waals surface area contributed by atoms with Crippen molar-refractivity contribution in [2.45, 2.75) is 57.9 Å². The van der Waals surface area contributed by atoms with Crippen LogP contribution in [0.4, 0.5) is 18.0 Å². The number of carbonyl (C=O) groups is 3. The van der Waals surface area contributed by atoms with Gasteiger partial charge in [0.15, 0.2) is 5.69 Å². The van der Waals surface area contributed by atoms with Gasteiger partial charge in [-0.2, -0.15) is 13.2 Å². The molecule has 158 valence electrons. The Balaban J connectivity index is 2.66. The molecule has 12 heteroatoms. The number of amides is 2. The van der Waals surface area contributed by atoms with Crippen molar-refractivity contribution in [2.24, 2.45) is 0 Å². The van der Waals surface area contributed by atoms with Gasteiger partial charge in [-0.3, -0.25) is 4.79 Å². The van der Waals surface area contributed by atoms with Gasteiger partial charge in [0.2, 0.25) is 5.89 Å². The molecule has 1 unspecified atom stereocenters. The van der Waals surface area contributed by atoms with Crippen LogP contribution in [0.5, 0.6) is 0 Å². The highest BCUT2D eigenvalue weighted by molar-refractivity contribution is 5.84. The summed E-state index contributed by atoms with van der Waals surface area (Å²) in [4.78, 5) is 37.4. The second kappa shape index (κ2) is 9.42. The molecule has 0 aliphatic carbocycles. The van der Waals surface area contributed by atoms with Crippen LogP contribution < -0.4 is 10.6 Å². The number of alkyl carbamates (subject to hydrolysis) is 1. The number of carboxylic acid groups (broad SMARTS) is 1. The zero-order valence-electron chi connectivity index (χ0n) is 15.6. The van der Waals surface area contributed by atoms with Crippen LogP contribution in [0.3, 0.4) is 0 Å². The minimum absolute atomic E-state index is 0.0809. The van der Waals surface area contributed by atoms with Crippen LogP contribution in [-0.2, 0) is 9.53 Å². The van der Waals surface area contributed by atoms with Gasteiger partial charge in [-0.1, -0.05) is 0 Å². The van der Waals surface area contributed by atoms with Crippen molar-refractivity contribution in [3.8, 4) is 0 Å². The quantitative estimate of drug-likeness (QED) is 0.563. The van der Waals surface area contributed by atoms with Crippen molar-refractivity contribution in [2.75, 3.05) is 6.54 Å². The number of alkyl halides is 3. The first-order valence-corrected chi connectivity index (χ1v) is 8.33. The molecule has 0 aromatic carbocycles. The summed E-state index contributed by atoms with van der Waals surface area (Å²) >= 11 is 0. The molecule has 1 aromatic heterocycles. The van der Waals surface area contributed by atoms with Gasteiger partial charge < -0.3 is 24.9 Å². The van der Waals surface area contributed by atoms with Crippen molar-refractivity contribution < 1.29 is 41.8 Å². The van der Waals surface area contributed by atoms with Crippen molar-refractivity contribution >= 4 is 18.0 Å². The highest BCUT2D eigenvalue weighted by Crippen LogP contribution is 2.20. The van der Waals surface area contributed by atoms with E-state index < -0.39 is 35.8 Å². The van der Waals surface area contributed by atoms with Crippen molar-refractivity contribution in [3.63, 3.8) is 0 Å². The highest BCUT2D eigenvalue weighted by Gasteiger charge is 2.38. The molecule has 2 amide bonds. The van der Waals surface area contributed by atoms with E-state index in [0.717, 1.165) is 6.26 Å². The van der Waals surface area contributed by atoms with Crippen LogP contribution >= 0.6 is 0 Å². The largest absolute Gasteiger partial charge is 0.476 e. The lowest BCUT2D eigenvalue weighted by atomic mass is 10.1. The number of aromatic nitrogens is 1. The Morgan fingerprint density at radius 2 is 1.89 bits per heavy atom. The molecular formula is C16H22F3N3O6. The molecule has 28 heavy (non-hydrogen) atoms. The Kier molecular flexibility index (Phi) is 7.82. The monoisotopic (exact) mass is 409 g/mol. The molecule has 0 aliphatic heterocycles. The van der Waals surface area contributed by atoms with Gasteiger partial charge in [-0.25, -0.2) is 14.6 Å². The Morgan fingerprint density at radius 3 is 2.39 bits per heavy atom. The van der Waals surface area contributed by atoms with Crippen molar-refractivity contribution in [1.29, 1.82) is 0 Å². The van der Waals surface area contributed by atoms with E-state index in [2.05, 4.69) is 10.3 Å². The molecule has 0 saturated heterocycles. The van der Waals surface area contributed by atoms with Gasteiger partial charge >= 0.3 is 24.1 Å². The van der Waals surface area contributed by atoms with E-state index in [1.807, 2.05) is 0 Å². The van der Waals surface area contributed by atoms with E-state index in [-0.39, 0.29) is 37.4 Å². The van der Waals surface area contributed by atoms with Crippen molar-refractivity contribution in [3.05, 3.63) is 17.8 Å². The Bertz CT molecular complexity index is 697. The first kappa shape index (κ1) is 23.2. The number of nitrogens with zero attached hydrogens (tertiary/aromatic N) is 1. The fraction of sp³-hybridized carbons (Fsp3) is 0.625. The molecule has 3 N–H and O–H groups in total. The van der Waals surface area contributed by atoms with Gasteiger partial charge in [0, 0.05) is 6.54 Å². The maximum atomic E-state index is 12.1. The Morgan fingerprint density at radius 1 is 1.25 bits per heavy atom. The summed E-state index contributed by atoms with van der Waals surface area (Å²) in [5, 5.41) is 13.1. The molecule has 0 aliphatic rings. The van der Waals surface area contributed by atoms with Crippen LogP contribution in [0.2, 0.25) is 0 Å². The third-order valence-corrected chi connectivity index (χ3v) is 3.19. The minimum Gasteiger partial charge on any atom is -0.476 e. The lowest BCUT2D eigenvalue weighted by Crippen LogP contribution is -2.37. The van der Waals surface area contributed by atoms with Gasteiger partial charge in [0.1, 0.15) is 17.9 Å². The summed E-state index contributed by atoms with van der Waals surface area (Å²) in [5.74, 6) is -3.43. The number of hydrogen-bond donors (Lipinski definition) is 3. The van der Waals surface area contributed by atoms with E-state index in [1.165, 1.54) is 0 Å². The summed E-state index contributed by atoms with van der Waals surface area (Å²) in [6, 6.07) is -0.860. The van der Waals surface area contributed by atoms with E-state index in [4.69, 9.17) is 14.3 Å². The first-order valence-electron chi connectivity index (χ1n) is 8.33. The first-order chi connectivity index (χ1) is 12.8. The van der Waals surface area contributed by atoms with E-state index in [9.17, 15) is 27.6 Å². The van der Waals surface area contributed by atoms with Crippen molar-refractivity contribution in [1.82, 2.24) is 15.6 Å². The highest BCUT2D eigenvalue weighted by atomic mass is 19.4. The predicted molar refractivity (Wildman–Crippen MR) is 88.5 cm³/mol. The summed E-state index contributed by atoms with van der Waals surface area (Å²) in [6.45, 7) is 4.74. The zero-order chi connectivity index (χ0) is 21.5. The zero-order valence-corrected chi connectivity index (χ0v) is 15.6. The number of aromatic carboxylic acids is 1. The smallest absolute Gasteiger partial charge is 0.471 e. The number of ether oxygens (including phenoxy) is 1. The van der Waals surface area contributed by atoms with Gasteiger partial charge in [0.25, 0.3) is 0 Å². The van der Waals surface area contributed by atoms with Crippen LogP contribution in [0, 0.1) is 0 Å². The number of carboxylic acids is 1. The summed E-state index contributed by atoms with van der Waals surface area (Å²) < 4.78 is 46.5. The number of nitrogens with one attached hydrogen (secondary N) is 2. The molecular weight excluding hydrogens is 387 g/mol. The summed E-state index contributed by atoms with van der Waals surface area (Å²) in [6.07, 6.45) is -4.21. The van der Waals surface area contributed by atoms with E-state index in [1.54, 1.807) is 26.1 Å². The summed E-state index contributed by atoms with van der Waals surface area (Å²) in [7, 11) is 0. The second-order valence-electron chi connectivity index (χ2n) is 6.82. The number of hydrogen-bond acceptors (Lipinski definition) is 6. The van der Waals surface area contributed by atoms with Gasteiger partial charge in [-0.05, 0) is 40.0 Å². The number of rotatable bonds is 8. The Labute approximate surface area is 158 Å². The normalized spacial score (nSPS) is 12.9. The molecule has 0 bridgehead atoms. The molecule has 0 saturated carbocycles. The fourth-order valence-corrected chi connectivity index (χ4v) is 2.03. The second-order valence-corrected chi connectivity index (χ2v) is 6.82.